The fourth-order valence-corrected chi connectivity index (χ4v) is 0.678. The minimum atomic E-state index is 0.957. The smallest absolute Gasteiger partial charge is 0.0118 e. The third-order valence-corrected chi connectivity index (χ3v) is 1.23. The van der Waals surface area contributed by atoms with E-state index in [2.05, 4.69) is 25.1 Å². The van der Waals surface area contributed by atoms with Crippen LogP contribution in [0.25, 0.3) is 0 Å². The number of hydrogen-bond acceptors (Lipinski definition) is 2. The van der Waals surface area contributed by atoms with E-state index >= 15 is 0 Å². The average Bonchev–Trinajstić information content (AvgIpc) is 1.79. The molecule has 0 N–H and O–H groups in total. The molecule has 1 nitrogen and oxygen atoms in total. The zero-order valence-corrected chi connectivity index (χ0v) is 7.74. The molecule has 0 fully saturated rings. The van der Waals surface area contributed by atoms with Crippen LogP contribution in [0.3, 0.4) is 0 Å². The summed E-state index contributed by atoms with van der Waals surface area (Å²) in [6.07, 6.45) is 5.18. The first kappa shape index (κ1) is 9.79. The molecule has 0 amide bonds. The fourth-order valence-electron chi connectivity index (χ4n) is 0.582. The zero-order valence-electron chi connectivity index (χ0n) is 6.92. The van der Waals surface area contributed by atoms with Crippen molar-refractivity contribution in [2.24, 2.45) is 0 Å². The summed E-state index contributed by atoms with van der Waals surface area (Å²) in [5.74, 6) is 0. The Morgan fingerprint density at radius 3 is 2.50 bits per heavy atom. The second kappa shape index (κ2) is 5.57. The van der Waals surface area contributed by atoms with Crippen LogP contribution in [-0.2, 0) is 0 Å². The Balaban J connectivity index is 3.27. The van der Waals surface area contributed by atoms with Gasteiger partial charge in [0.15, 0.2) is 0 Å². The highest BCUT2D eigenvalue weighted by atomic mass is 32.1. The van der Waals surface area contributed by atoms with Crippen LogP contribution in [0.4, 0.5) is 0 Å². The van der Waals surface area contributed by atoms with Crippen LogP contribution in [-0.4, -0.2) is 30.4 Å². The maximum atomic E-state index is 4.87. The molecule has 0 saturated carbocycles. The SMILES string of the molecule is CC(=S)/C=C/CCN(C)C. The summed E-state index contributed by atoms with van der Waals surface area (Å²) in [5, 5.41) is 0. The van der Waals surface area contributed by atoms with Crippen LogP contribution in [0.2, 0.25) is 0 Å². The Morgan fingerprint density at radius 1 is 1.50 bits per heavy atom. The maximum absolute atomic E-state index is 4.87. The predicted octanol–water partition coefficient (Wildman–Crippen LogP) is 1.88. The van der Waals surface area contributed by atoms with E-state index in [-0.39, 0.29) is 0 Å². The van der Waals surface area contributed by atoms with Crippen molar-refractivity contribution in [3.63, 3.8) is 0 Å². The molecule has 0 aromatic heterocycles. The molecule has 0 aromatic carbocycles. The highest BCUT2D eigenvalue weighted by molar-refractivity contribution is 7.80. The van der Waals surface area contributed by atoms with Gasteiger partial charge in [0.2, 0.25) is 0 Å². The topological polar surface area (TPSA) is 3.24 Å². The summed E-state index contributed by atoms with van der Waals surface area (Å²) in [7, 11) is 4.14. The van der Waals surface area contributed by atoms with Gasteiger partial charge in [0.1, 0.15) is 0 Å². The van der Waals surface area contributed by atoms with Crippen LogP contribution in [0, 0.1) is 0 Å². The van der Waals surface area contributed by atoms with Crippen molar-refractivity contribution < 1.29 is 0 Å². The highest BCUT2D eigenvalue weighted by Crippen LogP contribution is 1.87. The molecule has 0 atom stereocenters. The number of nitrogens with zero attached hydrogens (tertiary/aromatic N) is 1. The zero-order chi connectivity index (χ0) is 7.98. The Hall–Kier alpha value is -0.210. The van der Waals surface area contributed by atoms with Crippen LogP contribution in [0.1, 0.15) is 13.3 Å². The predicted molar refractivity (Wildman–Crippen MR) is 50.6 cm³/mol. The number of thiocarbonyl (C=S) groups is 1. The van der Waals surface area contributed by atoms with Gasteiger partial charge in [0.05, 0.1) is 0 Å². The van der Waals surface area contributed by atoms with Gasteiger partial charge in [-0.1, -0.05) is 24.4 Å². The molecule has 0 spiro atoms. The van der Waals surface area contributed by atoms with Gasteiger partial charge < -0.3 is 4.90 Å². The second-order valence-corrected chi connectivity index (χ2v) is 3.25. The summed E-state index contributed by atoms with van der Waals surface area (Å²) >= 11 is 4.87. The van der Waals surface area contributed by atoms with E-state index in [0.717, 1.165) is 17.8 Å². The van der Waals surface area contributed by atoms with Gasteiger partial charge in [-0.25, -0.2) is 0 Å². The minimum Gasteiger partial charge on any atom is -0.309 e. The molecule has 58 valence electrons. The monoisotopic (exact) mass is 157 g/mol. The summed E-state index contributed by atoms with van der Waals surface area (Å²) in [4.78, 5) is 3.11. The summed E-state index contributed by atoms with van der Waals surface area (Å²) in [6, 6.07) is 0. The molecule has 0 saturated heterocycles. The maximum Gasteiger partial charge on any atom is 0.0118 e. The standard InChI is InChI=1S/C8H15NS/c1-8(10)6-4-5-7-9(2)3/h4,6H,5,7H2,1-3H3/b6-4+. The van der Waals surface area contributed by atoms with Gasteiger partial charge in [-0.05, 0) is 27.4 Å². The average molecular weight is 157 g/mol. The number of rotatable bonds is 4. The van der Waals surface area contributed by atoms with Gasteiger partial charge >= 0.3 is 0 Å². The van der Waals surface area contributed by atoms with E-state index in [4.69, 9.17) is 12.2 Å². The van der Waals surface area contributed by atoms with E-state index < -0.39 is 0 Å². The largest absolute Gasteiger partial charge is 0.309 e. The second-order valence-electron chi connectivity index (χ2n) is 2.60. The molecule has 0 heterocycles. The Labute approximate surface area is 68.7 Å². The number of allylic oxidation sites excluding steroid dienone is 1. The molecule has 0 aliphatic carbocycles. The molecule has 2 heteroatoms. The Kier molecular flexibility index (Phi) is 5.45. The third kappa shape index (κ3) is 7.79. The first-order valence-corrected chi connectivity index (χ1v) is 3.85. The lowest BCUT2D eigenvalue weighted by Crippen LogP contribution is -2.11. The van der Waals surface area contributed by atoms with Crippen molar-refractivity contribution in [2.75, 3.05) is 20.6 Å². The molecule has 0 aromatic rings. The van der Waals surface area contributed by atoms with E-state index in [9.17, 15) is 0 Å². The number of hydrogen-bond donors (Lipinski definition) is 0. The lowest BCUT2D eigenvalue weighted by Gasteiger charge is -2.05. The normalized spacial score (nSPS) is 11.2. The van der Waals surface area contributed by atoms with Gasteiger partial charge in [-0.3, -0.25) is 0 Å². The van der Waals surface area contributed by atoms with Crippen LogP contribution < -0.4 is 0 Å². The summed E-state index contributed by atoms with van der Waals surface area (Å²) in [6.45, 7) is 3.03. The van der Waals surface area contributed by atoms with Crippen molar-refractivity contribution >= 4 is 17.1 Å². The first-order chi connectivity index (χ1) is 4.63. The van der Waals surface area contributed by atoms with E-state index in [1.54, 1.807) is 0 Å². The van der Waals surface area contributed by atoms with Crippen LogP contribution in [0.15, 0.2) is 12.2 Å². The van der Waals surface area contributed by atoms with Crippen molar-refractivity contribution in [3.8, 4) is 0 Å². The lowest BCUT2D eigenvalue weighted by molar-refractivity contribution is 0.417. The summed E-state index contributed by atoms with van der Waals surface area (Å²) in [5.41, 5.74) is 0. The minimum absolute atomic E-state index is 0.957. The quantitative estimate of drug-likeness (QED) is 0.453. The summed E-state index contributed by atoms with van der Waals surface area (Å²) < 4.78 is 0. The molecule has 0 aliphatic heterocycles. The van der Waals surface area contributed by atoms with Gasteiger partial charge in [0.25, 0.3) is 0 Å². The van der Waals surface area contributed by atoms with Crippen LogP contribution >= 0.6 is 12.2 Å². The molecule has 0 bridgehead atoms. The Bertz CT molecular complexity index is 127. The lowest BCUT2D eigenvalue weighted by atomic mass is 10.3. The molecule has 0 radical (unpaired) electrons. The van der Waals surface area contributed by atoms with Gasteiger partial charge in [-0.15, -0.1) is 0 Å². The van der Waals surface area contributed by atoms with Crippen molar-refractivity contribution in [3.05, 3.63) is 12.2 Å². The first-order valence-electron chi connectivity index (χ1n) is 3.45. The molecule has 0 unspecified atom stereocenters. The fraction of sp³-hybridized carbons (Fsp3) is 0.625. The van der Waals surface area contributed by atoms with E-state index in [1.807, 2.05) is 13.0 Å². The van der Waals surface area contributed by atoms with Crippen LogP contribution in [0.5, 0.6) is 0 Å². The van der Waals surface area contributed by atoms with Crippen molar-refractivity contribution in [1.82, 2.24) is 4.90 Å². The van der Waals surface area contributed by atoms with E-state index in [1.165, 1.54) is 0 Å². The molecule has 0 rings (SSSR count). The van der Waals surface area contributed by atoms with Gasteiger partial charge in [-0.2, -0.15) is 0 Å². The highest BCUT2D eigenvalue weighted by Gasteiger charge is 1.84. The molecular formula is C8H15NS. The Morgan fingerprint density at radius 2 is 2.10 bits per heavy atom. The molecular weight excluding hydrogens is 142 g/mol. The van der Waals surface area contributed by atoms with E-state index in [0.29, 0.717) is 0 Å². The van der Waals surface area contributed by atoms with Gasteiger partial charge in [0, 0.05) is 11.4 Å². The van der Waals surface area contributed by atoms with Crippen molar-refractivity contribution in [1.29, 1.82) is 0 Å². The third-order valence-electron chi connectivity index (χ3n) is 1.10. The molecule has 0 aliphatic rings. The van der Waals surface area contributed by atoms with Crippen molar-refractivity contribution in [2.45, 2.75) is 13.3 Å². The molecule has 10 heavy (non-hydrogen) atoms.